The Morgan fingerprint density at radius 2 is 1.73 bits per heavy atom. The smallest absolute Gasteiger partial charge is 0.0713 e. The van der Waals surface area contributed by atoms with Crippen molar-refractivity contribution in [1.29, 1.82) is 0 Å². The second-order valence-electron chi connectivity index (χ2n) is 1.92. The third kappa shape index (κ3) is 4.34. The zero-order chi connectivity index (χ0) is 8.53. The van der Waals surface area contributed by atoms with Gasteiger partial charge in [0.15, 0.2) is 0 Å². The van der Waals surface area contributed by atoms with Gasteiger partial charge in [-0.15, -0.1) is 13.2 Å². The van der Waals surface area contributed by atoms with E-state index in [4.69, 9.17) is 4.74 Å². The molecule has 0 spiro atoms. The number of methoxy groups -OCH3 is 1. The highest BCUT2D eigenvalue weighted by Gasteiger charge is 1.84. The molecule has 0 aliphatic heterocycles. The maximum Gasteiger partial charge on any atom is 0.0713 e. The highest BCUT2D eigenvalue weighted by Crippen LogP contribution is 1.98. The molecule has 0 unspecified atom stereocenters. The number of hydrogen-bond donors (Lipinski definition) is 0. The summed E-state index contributed by atoms with van der Waals surface area (Å²) in [5.74, 6) is 0. The third-order valence-electron chi connectivity index (χ3n) is 1.15. The summed E-state index contributed by atoms with van der Waals surface area (Å²) in [5.41, 5.74) is 1.22. The molecule has 0 saturated heterocycles. The number of hydrogen-bond acceptors (Lipinski definition) is 1. The first-order valence-corrected chi connectivity index (χ1v) is 3.46. The molecule has 1 aromatic rings. The van der Waals surface area contributed by atoms with E-state index in [1.165, 1.54) is 5.56 Å². The minimum Gasteiger partial charge on any atom is -0.380 e. The Morgan fingerprint density at radius 3 is 2.18 bits per heavy atom. The van der Waals surface area contributed by atoms with Crippen LogP contribution in [0.15, 0.2) is 43.5 Å². The molecule has 0 aromatic heterocycles. The van der Waals surface area contributed by atoms with Crippen LogP contribution in [0.25, 0.3) is 0 Å². The van der Waals surface area contributed by atoms with Crippen molar-refractivity contribution in [3.8, 4) is 0 Å². The predicted molar refractivity (Wildman–Crippen MR) is 48.4 cm³/mol. The summed E-state index contributed by atoms with van der Waals surface area (Å²) in [6.07, 6.45) is 0. The van der Waals surface area contributed by atoms with E-state index < -0.39 is 0 Å². The van der Waals surface area contributed by atoms with Gasteiger partial charge in [-0.2, -0.15) is 0 Å². The fraction of sp³-hybridized carbons (Fsp3) is 0.200. The predicted octanol–water partition coefficient (Wildman–Crippen LogP) is 2.64. The van der Waals surface area contributed by atoms with Gasteiger partial charge in [-0.25, -0.2) is 0 Å². The Kier molecular flexibility index (Phi) is 6.34. The van der Waals surface area contributed by atoms with E-state index in [1.807, 2.05) is 30.3 Å². The van der Waals surface area contributed by atoms with Gasteiger partial charge < -0.3 is 4.74 Å². The Balaban J connectivity index is 0.000000461. The van der Waals surface area contributed by atoms with Gasteiger partial charge in [0, 0.05) is 7.11 Å². The van der Waals surface area contributed by atoms with E-state index in [9.17, 15) is 0 Å². The van der Waals surface area contributed by atoms with Crippen LogP contribution in [0, 0.1) is 0 Å². The van der Waals surface area contributed by atoms with Gasteiger partial charge in [-0.05, 0) is 5.56 Å². The highest BCUT2D eigenvalue weighted by atomic mass is 16.5. The lowest BCUT2D eigenvalue weighted by atomic mass is 10.2. The first-order valence-electron chi connectivity index (χ1n) is 3.46. The molecule has 0 amide bonds. The maximum atomic E-state index is 4.93. The van der Waals surface area contributed by atoms with Crippen LogP contribution in [0.2, 0.25) is 0 Å². The van der Waals surface area contributed by atoms with Gasteiger partial charge in [-0.1, -0.05) is 30.3 Å². The van der Waals surface area contributed by atoms with E-state index in [-0.39, 0.29) is 0 Å². The van der Waals surface area contributed by atoms with Crippen molar-refractivity contribution in [2.45, 2.75) is 6.61 Å². The Morgan fingerprint density at radius 1 is 1.18 bits per heavy atom. The minimum atomic E-state index is 0.709. The van der Waals surface area contributed by atoms with E-state index in [1.54, 1.807) is 7.11 Å². The van der Waals surface area contributed by atoms with Crippen molar-refractivity contribution in [3.63, 3.8) is 0 Å². The van der Waals surface area contributed by atoms with Crippen LogP contribution in [0.5, 0.6) is 0 Å². The average Bonchev–Trinajstić information content (AvgIpc) is 2.11. The minimum absolute atomic E-state index is 0.709. The number of ether oxygens (including phenoxy) is 1. The van der Waals surface area contributed by atoms with Gasteiger partial charge in [-0.3, -0.25) is 0 Å². The Labute approximate surface area is 68.3 Å². The number of benzene rings is 1. The standard InChI is InChI=1S/C8H10O.C2H4/c1-9-7-8-5-3-2-4-6-8;1-2/h2-6H,7H2,1H3;1-2H2. The second kappa shape index (κ2) is 7.03. The second-order valence-corrected chi connectivity index (χ2v) is 1.92. The molecular formula is C10H14O. The van der Waals surface area contributed by atoms with Gasteiger partial charge in [0.05, 0.1) is 6.61 Å². The first kappa shape index (κ1) is 9.92. The molecule has 1 rings (SSSR count). The van der Waals surface area contributed by atoms with E-state index in [0.29, 0.717) is 6.61 Å². The molecule has 1 nitrogen and oxygen atoms in total. The number of rotatable bonds is 2. The normalized spacial score (nSPS) is 8.09. The molecule has 0 saturated carbocycles. The SMILES string of the molecule is C=C.COCc1ccccc1. The monoisotopic (exact) mass is 150 g/mol. The Hall–Kier alpha value is -1.08. The van der Waals surface area contributed by atoms with Gasteiger partial charge >= 0.3 is 0 Å². The summed E-state index contributed by atoms with van der Waals surface area (Å²) >= 11 is 0. The summed E-state index contributed by atoms with van der Waals surface area (Å²) in [7, 11) is 1.70. The molecule has 1 heteroatoms. The van der Waals surface area contributed by atoms with Crippen molar-refractivity contribution in [2.75, 3.05) is 7.11 Å². The lowest BCUT2D eigenvalue weighted by Crippen LogP contribution is -1.84. The zero-order valence-electron chi connectivity index (χ0n) is 6.92. The van der Waals surface area contributed by atoms with Gasteiger partial charge in [0.2, 0.25) is 0 Å². The van der Waals surface area contributed by atoms with Crippen LogP contribution < -0.4 is 0 Å². The highest BCUT2D eigenvalue weighted by molar-refractivity contribution is 5.13. The van der Waals surface area contributed by atoms with Crippen LogP contribution in [-0.4, -0.2) is 7.11 Å². The van der Waals surface area contributed by atoms with E-state index >= 15 is 0 Å². The van der Waals surface area contributed by atoms with Crippen molar-refractivity contribution in [1.82, 2.24) is 0 Å². The summed E-state index contributed by atoms with van der Waals surface area (Å²) in [5, 5.41) is 0. The average molecular weight is 150 g/mol. The lowest BCUT2D eigenvalue weighted by molar-refractivity contribution is 0.185. The fourth-order valence-corrected chi connectivity index (χ4v) is 0.741. The first-order chi connectivity index (χ1) is 5.43. The van der Waals surface area contributed by atoms with Crippen molar-refractivity contribution < 1.29 is 4.74 Å². The molecule has 0 bridgehead atoms. The van der Waals surface area contributed by atoms with Crippen molar-refractivity contribution in [2.24, 2.45) is 0 Å². The Bertz CT molecular complexity index is 169. The molecule has 0 aliphatic rings. The summed E-state index contributed by atoms with van der Waals surface area (Å²) in [6, 6.07) is 10.1. The van der Waals surface area contributed by atoms with Crippen LogP contribution in [0.1, 0.15) is 5.56 Å². The van der Waals surface area contributed by atoms with Crippen LogP contribution in [0.4, 0.5) is 0 Å². The maximum absolute atomic E-state index is 4.93. The van der Waals surface area contributed by atoms with Gasteiger partial charge in [0.25, 0.3) is 0 Å². The molecule has 0 atom stereocenters. The largest absolute Gasteiger partial charge is 0.380 e. The van der Waals surface area contributed by atoms with Crippen LogP contribution in [-0.2, 0) is 11.3 Å². The van der Waals surface area contributed by atoms with Crippen LogP contribution >= 0.6 is 0 Å². The molecule has 0 aliphatic carbocycles. The molecule has 0 heterocycles. The zero-order valence-corrected chi connectivity index (χ0v) is 6.92. The third-order valence-corrected chi connectivity index (χ3v) is 1.15. The van der Waals surface area contributed by atoms with E-state index in [0.717, 1.165) is 0 Å². The molecule has 1 aromatic carbocycles. The molecule has 60 valence electrons. The van der Waals surface area contributed by atoms with Crippen LogP contribution in [0.3, 0.4) is 0 Å². The topological polar surface area (TPSA) is 9.23 Å². The quantitative estimate of drug-likeness (QED) is 0.589. The van der Waals surface area contributed by atoms with Gasteiger partial charge in [0.1, 0.15) is 0 Å². The summed E-state index contributed by atoms with van der Waals surface area (Å²) < 4.78 is 4.93. The summed E-state index contributed by atoms with van der Waals surface area (Å²) in [4.78, 5) is 0. The lowest BCUT2D eigenvalue weighted by Gasteiger charge is -1.95. The molecule has 0 fully saturated rings. The fourth-order valence-electron chi connectivity index (χ4n) is 0.741. The molecule has 11 heavy (non-hydrogen) atoms. The van der Waals surface area contributed by atoms with Crippen molar-refractivity contribution >= 4 is 0 Å². The summed E-state index contributed by atoms with van der Waals surface area (Å²) in [6.45, 7) is 6.71. The molecular weight excluding hydrogens is 136 g/mol. The van der Waals surface area contributed by atoms with Crippen molar-refractivity contribution in [3.05, 3.63) is 49.1 Å². The van der Waals surface area contributed by atoms with E-state index in [2.05, 4.69) is 13.2 Å². The molecule has 0 N–H and O–H groups in total. The molecule has 0 radical (unpaired) electrons.